The Morgan fingerprint density at radius 2 is 1.83 bits per heavy atom. The highest BCUT2D eigenvalue weighted by atomic mass is 35.5. The number of rotatable bonds is 3. The van der Waals surface area contributed by atoms with Gasteiger partial charge in [0.05, 0.1) is 17.0 Å². The van der Waals surface area contributed by atoms with Gasteiger partial charge in [-0.05, 0) is 55.6 Å². The summed E-state index contributed by atoms with van der Waals surface area (Å²) in [6.45, 7) is 1.80. The van der Waals surface area contributed by atoms with Crippen LogP contribution in [0.25, 0.3) is 0 Å². The second-order valence-electron chi connectivity index (χ2n) is 4.30. The van der Waals surface area contributed by atoms with Crippen molar-refractivity contribution >= 4 is 57.7 Å². The summed E-state index contributed by atoms with van der Waals surface area (Å²) in [4.78, 5) is 0. The van der Waals surface area contributed by atoms with E-state index in [-0.39, 0.29) is 5.11 Å². The predicted molar refractivity (Wildman–Crippen MR) is 101 cm³/mol. The number of nitrogens with one attached hydrogen (secondary N) is 4. The van der Waals surface area contributed by atoms with Crippen molar-refractivity contribution in [3.05, 3.63) is 53.4 Å². The molecule has 23 heavy (non-hydrogen) atoms. The summed E-state index contributed by atoms with van der Waals surface area (Å²) >= 11 is 16.2. The van der Waals surface area contributed by atoms with Crippen LogP contribution in [0, 0.1) is 0 Å². The quantitative estimate of drug-likeness (QED) is 0.377. The standard InChI is InChI=1S/C14H14ClN5OS2/c1-9(12-7-4-8-21-12)17-19-14(23)20-18-13(22)16-11-6-3-2-5-10(11)15/h2-8H,1H3,(H2,16,18,22)(H2,19,20,23). The van der Waals surface area contributed by atoms with Crippen molar-refractivity contribution in [2.75, 3.05) is 5.32 Å². The van der Waals surface area contributed by atoms with Crippen LogP contribution in [0.3, 0.4) is 0 Å². The van der Waals surface area contributed by atoms with Crippen molar-refractivity contribution in [1.82, 2.24) is 16.3 Å². The van der Waals surface area contributed by atoms with Gasteiger partial charge in [0.25, 0.3) is 0 Å². The summed E-state index contributed by atoms with van der Waals surface area (Å²) in [6.07, 6.45) is 1.57. The number of halogens is 1. The molecule has 0 bridgehead atoms. The van der Waals surface area contributed by atoms with Gasteiger partial charge in [-0.25, -0.2) is 0 Å². The molecule has 1 heterocycles. The first-order chi connectivity index (χ1) is 11.1. The number of thiocarbonyl (C=S) groups is 2. The Morgan fingerprint density at radius 3 is 2.52 bits per heavy atom. The van der Waals surface area contributed by atoms with Crippen LogP contribution in [0.4, 0.5) is 5.69 Å². The van der Waals surface area contributed by atoms with Gasteiger partial charge in [0.15, 0.2) is 5.11 Å². The maximum absolute atomic E-state index is 6.03. The van der Waals surface area contributed by atoms with Gasteiger partial charge in [-0.2, -0.15) is 5.10 Å². The Bertz CT molecular complexity index is 718. The lowest BCUT2D eigenvalue weighted by Crippen LogP contribution is -2.47. The number of benzene rings is 1. The zero-order valence-corrected chi connectivity index (χ0v) is 14.5. The highest BCUT2D eigenvalue weighted by molar-refractivity contribution is 7.80. The van der Waals surface area contributed by atoms with Crippen molar-refractivity contribution in [1.29, 1.82) is 0 Å². The topological polar surface area (TPSA) is 73.6 Å². The van der Waals surface area contributed by atoms with Crippen molar-refractivity contribution < 1.29 is 4.42 Å². The van der Waals surface area contributed by atoms with Gasteiger partial charge >= 0.3 is 0 Å². The van der Waals surface area contributed by atoms with Crippen LogP contribution in [0.2, 0.25) is 5.02 Å². The summed E-state index contributed by atoms with van der Waals surface area (Å²) in [5.41, 5.74) is 9.47. The monoisotopic (exact) mass is 367 g/mol. The summed E-state index contributed by atoms with van der Waals surface area (Å²) in [5.74, 6) is 0.657. The predicted octanol–water partition coefficient (Wildman–Crippen LogP) is 3.02. The molecule has 2 aromatic rings. The molecule has 0 fully saturated rings. The maximum atomic E-state index is 6.03. The molecule has 0 aliphatic heterocycles. The van der Waals surface area contributed by atoms with E-state index < -0.39 is 0 Å². The Labute approximate surface area is 149 Å². The molecule has 0 saturated heterocycles. The number of nitrogens with zero attached hydrogens (tertiary/aromatic N) is 1. The van der Waals surface area contributed by atoms with Gasteiger partial charge in [-0.3, -0.25) is 16.3 Å². The van der Waals surface area contributed by atoms with Crippen molar-refractivity contribution in [3.63, 3.8) is 0 Å². The number of anilines is 1. The average Bonchev–Trinajstić information content (AvgIpc) is 3.07. The summed E-state index contributed by atoms with van der Waals surface area (Å²) < 4.78 is 5.21. The van der Waals surface area contributed by atoms with E-state index in [0.29, 0.717) is 27.3 Å². The average molecular weight is 368 g/mol. The van der Waals surface area contributed by atoms with Crippen LogP contribution >= 0.6 is 36.0 Å². The molecular weight excluding hydrogens is 354 g/mol. The molecule has 1 aromatic carbocycles. The molecule has 6 nitrogen and oxygen atoms in total. The van der Waals surface area contributed by atoms with Crippen molar-refractivity contribution in [2.45, 2.75) is 6.92 Å². The minimum atomic E-state index is 0.249. The second kappa shape index (κ2) is 8.47. The zero-order chi connectivity index (χ0) is 16.7. The van der Waals surface area contributed by atoms with Crippen LogP contribution in [-0.2, 0) is 0 Å². The smallest absolute Gasteiger partial charge is 0.205 e. The third-order valence-electron chi connectivity index (χ3n) is 2.61. The van der Waals surface area contributed by atoms with E-state index >= 15 is 0 Å². The summed E-state index contributed by atoms with van der Waals surface area (Å²) in [5, 5.41) is 8.16. The largest absolute Gasteiger partial charge is 0.463 e. The first kappa shape index (κ1) is 17.2. The van der Waals surface area contributed by atoms with E-state index in [9.17, 15) is 0 Å². The molecule has 0 unspecified atom stereocenters. The number of hydrazine groups is 1. The molecule has 0 aliphatic carbocycles. The van der Waals surface area contributed by atoms with Gasteiger partial charge in [-0.1, -0.05) is 23.7 Å². The SMILES string of the molecule is CC(=NNC(=S)NNC(=S)Nc1ccccc1Cl)c1ccco1. The van der Waals surface area contributed by atoms with Gasteiger partial charge in [0.2, 0.25) is 5.11 Å². The van der Waals surface area contributed by atoms with Crippen LogP contribution < -0.4 is 21.6 Å². The Morgan fingerprint density at radius 1 is 1.09 bits per heavy atom. The molecule has 4 N–H and O–H groups in total. The molecule has 120 valence electrons. The first-order valence-electron chi connectivity index (χ1n) is 6.52. The fraction of sp³-hybridized carbons (Fsp3) is 0.0714. The van der Waals surface area contributed by atoms with E-state index in [0.717, 1.165) is 0 Å². The van der Waals surface area contributed by atoms with Crippen molar-refractivity contribution in [3.8, 4) is 0 Å². The molecule has 0 spiro atoms. The van der Waals surface area contributed by atoms with E-state index in [1.54, 1.807) is 31.4 Å². The number of para-hydroxylation sites is 1. The molecule has 0 atom stereocenters. The molecule has 1 aromatic heterocycles. The molecule has 0 saturated carbocycles. The van der Waals surface area contributed by atoms with Gasteiger partial charge < -0.3 is 9.73 Å². The minimum absolute atomic E-state index is 0.249. The fourth-order valence-electron chi connectivity index (χ4n) is 1.53. The third kappa shape index (κ3) is 5.51. The summed E-state index contributed by atoms with van der Waals surface area (Å²) in [7, 11) is 0. The molecule has 0 amide bonds. The normalized spacial score (nSPS) is 10.8. The first-order valence-corrected chi connectivity index (χ1v) is 7.71. The Hall–Kier alpha value is -2.16. The highest BCUT2D eigenvalue weighted by Gasteiger charge is 2.03. The van der Waals surface area contributed by atoms with Crippen molar-refractivity contribution in [2.24, 2.45) is 5.10 Å². The van der Waals surface area contributed by atoms with E-state index in [4.69, 9.17) is 40.5 Å². The van der Waals surface area contributed by atoms with Crippen LogP contribution in [0.1, 0.15) is 12.7 Å². The lowest BCUT2D eigenvalue weighted by Gasteiger charge is -2.13. The summed E-state index contributed by atoms with van der Waals surface area (Å²) in [6, 6.07) is 10.8. The van der Waals surface area contributed by atoms with E-state index in [1.807, 2.05) is 18.2 Å². The van der Waals surface area contributed by atoms with Gasteiger partial charge in [0.1, 0.15) is 11.5 Å². The van der Waals surface area contributed by atoms with Gasteiger partial charge in [-0.15, -0.1) is 0 Å². The minimum Gasteiger partial charge on any atom is -0.463 e. The molecule has 2 rings (SSSR count). The lowest BCUT2D eigenvalue weighted by molar-refractivity contribution is 0.556. The Balaban J connectivity index is 1.77. The zero-order valence-electron chi connectivity index (χ0n) is 12.1. The van der Waals surface area contributed by atoms with E-state index in [1.165, 1.54) is 0 Å². The van der Waals surface area contributed by atoms with Crippen LogP contribution in [0.15, 0.2) is 52.2 Å². The number of hydrogen-bond acceptors (Lipinski definition) is 4. The Kier molecular flexibility index (Phi) is 6.33. The fourth-order valence-corrected chi connectivity index (χ4v) is 1.97. The highest BCUT2D eigenvalue weighted by Crippen LogP contribution is 2.19. The van der Waals surface area contributed by atoms with Crippen LogP contribution in [0.5, 0.6) is 0 Å². The second-order valence-corrected chi connectivity index (χ2v) is 5.52. The third-order valence-corrected chi connectivity index (χ3v) is 3.34. The lowest BCUT2D eigenvalue weighted by atomic mass is 10.3. The molecular formula is C14H14ClN5OS2. The molecule has 0 aliphatic rings. The number of furan rings is 1. The number of hydrogen-bond donors (Lipinski definition) is 4. The van der Waals surface area contributed by atoms with Crippen LogP contribution in [-0.4, -0.2) is 15.9 Å². The maximum Gasteiger partial charge on any atom is 0.205 e. The number of hydrazone groups is 1. The molecule has 0 radical (unpaired) electrons. The van der Waals surface area contributed by atoms with E-state index in [2.05, 4.69) is 26.7 Å². The van der Waals surface area contributed by atoms with Gasteiger partial charge in [0, 0.05) is 0 Å². The molecule has 9 heteroatoms.